The van der Waals surface area contributed by atoms with E-state index in [4.69, 9.17) is 0 Å². The lowest BCUT2D eigenvalue weighted by atomic mass is 9.94. The van der Waals surface area contributed by atoms with Gasteiger partial charge in [0.05, 0.1) is 12.0 Å². The van der Waals surface area contributed by atoms with Gasteiger partial charge in [-0.1, -0.05) is 6.07 Å². The molecule has 0 radical (unpaired) electrons. The lowest BCUT2D eigenvalue weighted by Crippen LogP contribution is -2.53. The number of nitrogens with one attached hydrogen (secondary N) is 2. The maximum atomic E-state index is 13.0. The zero-order valence-corrected chi connectivity index (χ0v) is 11.7. The first-order valence-electron chi connectivity index (χ1n) is 6.93. The van der Waals surface area contributed by atoms with Gasteiger partial charge in [0.15, 0.2) is 0 Å². The van der Waals surface area contributed by atoms with Gasteiger partial charge in [-0.2, -0.15) is 0 Å². The first-order valence-corrected chi connectivity index (χ1v) is 6.93. The molecule has 1 aliphatic heterocycles. The summed E-state index contributed by atoms with van der Waals surface area (Å²) in [6.45, 7) is 3.44. The van der Waals surface area contributed by atoms with Crippen LogP contribution in [0.5, 0.6) is 0 Å². The molecule has 2 rings (SSSR count). The maximum Gasteiger partial charge on any atom is 0.224 e. The predicted molar refractivity (Wildman–Crippen MR) is 74.9 cm³/mol. The average molecular weight is 280 g/mol. The van der Waals surface area contributed by atoms with Gasteiger partial charge < -0.3 is 15.7 Å². The summed E-state index contributed by atoms with van der Waals surface area (Å²) in [6.07, 6.45) is 1.80. The van der Waals surface area contributed by atoms with Crippen LogP contribution in [0.3, 0.4) is 0 Å². The van der Waals surface area contributed by atoms with Crippen LogP contribution in [0.1, 0.15) is 24.0 Å². The van der Waals surface area contributed by atoms with E-state index < -0.39 is 5.60 Å². The maximum absolute atomic E-state index is 13.0. The normalized spacial score (nSPS) is 22.6. The van der Waals surface area contributed by atoms with E-state index >= 15 is 0 Å². The molecule has 4 nitrogen and oxygen atoms in total. The molecule has 0 aliphatic carbocycles. The first-order chi connectivity index (χ1) is 9.48. The second kappa shape index (κ2) is 6.33. The average Bonchev–Trinajstić information content (AvgIpc) is 2.41. The van der Waals surface area contributed by atoms with Gasteiger partial charge in [-0.15, -0.1) is 0 Å². The molecule has 1 aliphatic rings. The highest BCUT2D eigenvalue weighted by Crippen LogP contribution is 2.15. The van der Waals surface area contributed by atoms with Gasteiger partial charge in [-0.25, -0.2) is 4.39 Å². The quantitative estimate of drug-likeness (QED) is 0.768. The molecule has 0 bridgehead atoms. The Kier molecular flexibility index (Phi) is 4.73. The van der Waals surface area contributed by atoms with E-state index in [9.17, 15) is 14.3 Å². The SMILES string of the molecule is Cc1cc(F)ccc1CC(=O)NC[C@]1(O)CCCNC1. The molecule has 5 heteroatoms. The summed E-state index contributed by atoms with van der Waals surface area (Å²) in [5.41, 5.74) is 0.710. The largest absolute Gasteiger partial charge is 0.387 e. The van der Waals surface area contributed by atoms with Gasteiger partial charge in [-0.3, -0.25) is 4.79 Å². The Hall–Kier alpha value is -1.46. The Labute approximate surface area is 118 Å². The lowest BCUT2D eigenvalue weighted by molar-refractivity contribution is -0.121. The van der Waals surface area contributed by atoms with Crippen LogP contribution in [0.15, 0.2) is 18.2 Å². The van der Waals surface area contributed by atoms with Crippen molar-refractivity contribution in [3.63, 3.8) is 0 Å². The molecule has 3 N–H and O–H groups in total. The van der Waals surface area contributed by atoms with E-state index in [2.05, 4.69) is 10.6 Å². The van der Waals surface area contributed by atoms with Crippen LogP contribution in [0, 0.1) is 12.7 Å². The number of hydrogen-bond acceptors (Lipinski definition) is 3. The third-order valence-corrected chi connectivity index (χ3v) is 3.72. The summed E-state index contributed by atoms with van der Waals surface area (Å²) < 4.78 is 13.0. The third-order valence-electron chi connectivity index (χ3n) is 3.72. The van der Waals surface area contributed by atoms with Crippen LogP contribution in [0.2, 0.25) is 0 Å². The van der Waals surface area contributed by atoms with E-state index in [0.29, 0.717) is 13.0 Å². The number of piperidine rings is 1. The molecule has 1 aromatic carbocycles. The van der Waals surface area contributed by atoms with Gasteiger partial charge in [0.1, 0.15) is 5.82 Å². The summed E-state index contributed by atoms with van der Waals surface area (Å²) in [6, 6.07) is 4.40. The van der Waals surface area contributed by atoms with Crippen molar-refractivity contribution in [1.29, 1.82) is 0 Å². The second-order valence-electron chi connectivity index (χ2n) is 5.53. The van der Waals surface area contributed by atoms with Crippen molar-refractivity contribution in [2.75, 3.05) is 19.6 Å². The van der Waals surface area contributed by atoms with Crippen molar-refractivity contribution in [1.82, 2.24) is 10.6 Å². The molecule has 0 saturated carbocycles. The lowest BCUT2D eigenvalue weighted by Gasteiger charge is -2.32. The van der Waals surface area contributed by atoms with E-state index in [-0.39, 0.29) is 24.7 Å². The summed E-state index contributed by atoms with van der Waals surface area (Å²) in [5, 5.41) is 16.1. The van der Waals surface area contributed by atoms with Gasteiger partial charge in [0.2, 0.25) is 5.91 Å². The van der Waals surface area contributed by atoms with Crippen molar-refractivity contribution >= 4 is 5.91 Å². The molecule has 0 unspecified atom stereocenters. The van der Waals surface area contributed by atoms with Crippen molar-refractivity contribution in [3.05, 3.63) is 35.1 Å². The molecule has 1 aromatic rings. The van der Waals surface area contributed by atoms with Gasteiger partial charge in [0.25, 0.3) is 0 Å². The topological polar surface area (TPSA) is 61.4 Å². The summed E-state index contributed by atoms with van der Waals surface area (Å²) in [7, 11) is 0. The van der Waals surface area contributed by atoms with Crippen molar-refractivity contribution < 1.29 is 14.3 Å². The molecule has 1 fully saturated rings. The number of halogens is 1. The summed E-state index contributed by atoms with van der Waals surface area (Å²) >= 11 is 0. The smallest absolute Gasteiger partial charge is 0.224 e. The minimum Gasteiger partial charge on any atom is -0.387 e. The molecular weight excluding hydrogens is 259 g/mol. The van der Waals surface area contributed by atoms with E-state index in [1.54, 1.807) is 13.0 Å². The molecule has 1 heterocycles. The van der Waals surface area contributed by atoms with Crippen LogP contribution in [0.4, 0.5) is 4.39 Å². The van der Waals surface area contributed by atoms with Crippen molar-refractivity contribution in [3.8, 4) is 0 Å². The van der Waals surface area contributed by atoms with E-state index in [1.165, 1.54) is 12.1 Å². The Morgan fingerprint density at radius 3 is 3.00 bits per heavy atom. The van der Waals surface area contributed by atoms with Crippen molar-refractivity contribution in [2.24, 2.45) is 0 Å². The Balaban J connectivity index is 1.86. The zero-order chi connectivity index (χ0) is 14.6. The molecule has 110 valence electrons. The number of benzene rings is 1. The molecule has 1 saturated heterocycles. The van der Waals surface area contributed by atoms with Crippen LogP contribution < -0.4 is 10.6 Å². The van der Waals surface area contributed by atoms with Crippen LogP contribution in [-0.4, -0.2) is 36.2 Å². The van der Waals surface area contributed by atoms with Crippen molar-refractivity contribution in [2.45, 2.75) is 31.8 Å². The summed E-state index contributed by atoms with van der Waals surface area (Å²) in [4.78, 5) is 11.9. The second-order valence-corrected chi connectivity index (χ2v) is 5.53. The molecular formula is C15H21FN2O2. The Morgan fingerprint density at radius 1 is 1.55 bits per heavy atom. The number of aryl methyl sites for hydroxylation is 1. The molecule has 0 aromatic heterocycles. The molecule has 1 amide bonds. The predicted octanol–water partition coefficient (Wildman–Crippen LogP) is 0.907. The fourth-order valence-electron chi connectivity index (χ4n) is 2.46. The number of carbonyl (C=O) groups is 1. The third kappa shape index (κ3) is 4.02. The van der Waals surface area contributed by atoms with Gasteiger partial charge >= 0.3 is 0 Å². The van der Waals surface area contributed by atoms with E-state index in [0.717, 1.165) is 24.1 Å². The number of β-amino-alcohol motifs (C(OH)–C–C–N with tert-alkyl or cyclic N) is 1. The monoisotopic (exact) mass is 280 g/mol. The van der Waals surface area contributed by atoms with Crippen LogP contribution >= 0.6 is 0 Å². The number of amides is 1. The number of hydrogen-bond donors (Lipinski definition) is 3. The van der Waals surface area contributed by atoms with Crippen LogP contribution in [-0.2, 0) is 11.2 Å². The van der Waals surface area contributed by atoms with Crippen LogP contribution in [0.25, 0.3) is 0 Å². The minimum absolute atomic E-state index is 0.154. The van der Waals surface area contributed by atoms with Gasteiger partial charge in [0, 0.05) is 13.1 Å². The molecule has 0 spiro atoms. The van der Waals surface area contributed by atoms with Gasteiger partial charge in [-0.05, 0) is 49.6 Å². The first kappa shape index (κ1) is 14.9. The Morgan fingerprint density at radius 2 is 2.35 bits per heavy atom. The fraction of sp³-hybridized carbons (Fsp3) is 0.533. The Bertz CT molecular complexity index is 485. The molecule has 20 heavy (non-hydrogen) atoms. The van der Waals surface area contributed by atoms with E-state index in [1.807, 2.05) is 0 Å². The number of aliphatic hydroxyl groups is 1. The fourth-order valence-corrected chi connectivity index (χ4v) is 2.46. The minimum atomic E-state index is -0.855. The molecule has 1 atom stereocenters. The zero-order valence-electron chi connectivity index (χ0n) is 11.7. The highest BCUT2D eigenvalue weighted by atomic mass is 19.1. The number of rotatable bonds is 4. The summed E-state index contributed by atoms with van der Waals surface area (Å²) in [5.74, 6) is -0.451. The highest BCUT2D eigenvalue weighted by Gasteiger charge is 2.29. The number of carbonyl (C=O) groups excluding carboxylic acids is 1. The standard InChI is InChI=1S/C15H21FN2O2/c1-11-7-13(16)4-3-12(11)8-14(19)18-10-15(20)5-2-6-17-9-15/h3-4,7,17,20H,2,5-6,8-10H2,1H3,(H,18,19)/t15-/m0/s1. The highest BCUT2D eigenvalue weighted by molar-refractivity contribution is 5.79.